The molecule has 7 nitrogen and oxygen atoms in total. The Morgan fingerprint density at radius 2 is 1.61 bits per heavy atom. The number of nitrogens with zero attached hydrogens (tertiary/aromatic N) is 2. The Labute approximate surface area is 232 Å². The second-order valence-electron chi connectivity index (χ2n) is 8.37. The van der Waals surface area contributed by atoms with Gasteiger partial charge in [0.15, 0.2) is 0 Å². The smallest absolute Gasteiger partial charge is 0.244 e. The van der Waals surface area contributed by atoms with Crippen LogP contribution >= 0.6 is 46.4 Å². The van der Waals surface area contributed by atoms with Crippen LogP contribution in [0.1, 0.15) is 39.2 Å². The molecule has 198 valence electrons. The lowest BCUT2D eigenvalue weighted by atomic mass is 10.1. The van der Waals surface area contributed by atoms with E-state index in [4.69, 9.17) is 46.4 Å². The molecule has 0 radical (unpaired) electrons. The number of rotatable bonds is 11. The lowest BCUT2D eigenvalue weighted by Gasteiger charge is -2.33. The van der Waals surface area contributed by atoms with Crippen LogP contribution in [-0.2, 0) is 26.2 Å². The second kappa shape index (κ2) is 13.2. The van der Waals surface area contributed by atoms with E-state index in [-0.39, 0.29) is 34.2 Å². The average molecular weight is 597 g/mol. The van der Waals surface area contributed by atoms with Crippen LogP contribution in [0, 0.1) is 0 Å². The number of halogens is 4. The highest BCUT2D eigenvalue weighted by molar-refractivity contribution is 7.92. The largest absolute Gasteiger partial charge is 0.352 e. The van der Waals surface area contributed by atoms with E-state index in [1.54, 1.807) is 25.1 Å². The molecule has 0 heterocycles. The summed E-state index contributed by atoms with van der Waals surface area (Å²) in [5.41, 5.74) is 0.728. The van der Waals surface area contributed by atoms with Crippen molar-refractivity contribution in [1.29, 1.82) is 0 Å². The van der Waals surface area contributed by atoms with Crippen molar-refractivity contribution < 1.29 is 18.0 Å². The van der Waals surface area contributed by atoms with Crippen molar-refractivity contribution in [3.05, 3.63) is 62.1 Å². The number of anilines is 1. The summed E-state index contributed by atoms with van der Waals surface area (Å²) >= 11 is 24.5. The monoisotopic (exact) mass is 595 g/mol. The van der Waals surface area contributed by atoms with Gasteiger partial charge in [0, 0.05) is 22.6 Å². The molecule has 2 atom stereocenters. The van der Waals surface area contributed by atoms with Crippen LogP contribution in [0.3, 0.4) is 0 Å². The van der Waals surface area contributed by atoms with E-state index in [0.717, 1.165) is 10.6 Å². The maximum atomic E-state index is 13.7. The average Bonchev–Trinajstić information content (AvgIpc) is 2.79. The fourth-order valence-corrected chi connectivity index (χ4v) is 5.05. The molecule has 0 fully saturated rings. The van der Waals surface area contributed by atoms with E-state index in [9.17, 15) is 18.0 Å². The summed E-state index contributed by atoms with van der Waals surface area (Å²) in [5.74, 6) is -0.936. The van der Waals surface area contributed by atoms with Crippen LogP contribution in [0.5, 0.6) is 0 Å². The Hall–Kier alpha value is -1.71. The summed E-state index contributed by atoms with van der Waals surface area (Å²) in [4.78, 5) is 28.1. The molecule has 12 heteroatoms. The summed E-state index contributed by atoms with van der Waals surface area (Å²) in [5, 5.41) is 4.03. The van der Waals surface area contributed by atoms with Gasteiger partial charge in [-0.2, -0.15) is 0 Å². The second-order valence-corrected chi connectivity index (χ2v) is 11.9. The van der Waals surface area contributed by atoms with E-state index in [0.29, 0.717) is 28.5 Å². The summed E-state index contributed by atoms with van der Waals surface area (Å²) < 4.78 is 26.2. The maximum Gasteiger partial charge on any atom is 0.244 e. The molecule has 0 saturated heterocycles. The van der Waals surface area contributed by atoms with Gasteiger partial charge in [-0.25, -0.2) is 8.42 Å². The SMILES string of the molecule is CC[C@@H](C)NC(=O)[C@H](CC)N(Cc1ccc(Cl)cc1Cl)C(=O)CN(c1ccc(Cl)c(Cl)c1)S(C)(=O)=O. The Bertz CT molecular complexity index is 1210. The first-order valence-electron chi connectivity index (χ1n) is 11.2. The molecular weight excluding hydrogens is 568 g/mol. The summed E-state index contributed by atoms with van der Waals surface area (Å²) in [7, 11) is -3.90. The molecule has 0 aliphatic heterocycles. The van der Waals surface area contributed by atoms with Crippen molar-refractivity contribution in [3.63, 3.8) is 0 Å². The topological polar surface area (TPSA) is 86.8 Å². The lowest BCUT2D eigenvalue weighted by Crippen LogP contribution is -2.53. The normalized spacial score (nSPS) is 13.1. The third kappa shape index (κ3) is 8.15. The van der Waals surface area contributed by atoms with Gasteiger partial charge in [-0.1, -0.05) is 66.3 Å². The van der Waals surface area contributed by atoms with E-state index < -0.39 is 28.5 Å². The molecule has 36 heavy (non-hydrogen) atoms. The Morgan fingerprint density at radius 1 is 0.944 bits per heavy atom. The summed E-state index contributed by atoms with van der Waals surface area (Å²) in [6.07, 6.45) is 1.99. The van der Waals surface area contributed by atoms with E-state index in [2.05, 4.69) is 5.32 Å². The molecule has 2 aromatic rings. The number of sulfonamides is 1. The zero-order valence-electron chi connectivity index (χ0n) is 20.4. The first-order chi connectivity index (χ1) is 16.8. The van der Waals surface area contributed by atoms with Gasteiger partial charge in [-0.15, -0.1) is 0 Å². The van der Waals surface area contributed by atoms with Crippen molar-refractivity contribution in [2.75, 3.05) is 17.1 Å². The van der Waals surface area contributed by atoms with E-state index >= 15 is 0 Å². The molecule has 0 aliphatic carbocycles. The number of hydrogen-bond acceptors (Lipinski definition) is 4. The third-order valence-corrected chi connectivity index (χ3v) is 8.08. The van der Waals surface area contributed by atoms with Gasteiger partial charge in [0.2, 0.25) is 21.8 Å². The fraction of sp³-hybridized carbons (Fsp3) is 0.417. The molecule has 0 unspecified atom stereocenters. The quantitative estimate of drug-likeness (QED) is 0.356. The fourth-order valence-electron chi connectivity index (χ4n) is 3.45. The highest BCUT2D eigenvalue weighted by Crippen LogP contribution is 2.29. The number of hydrogen-bond donors (Lipinski definition) is 1. The van der Waals surface area contributed by atoms with Crippen LogP contribution in [0.25, 0.3) is 0 Å². The molecule has 0 saturated carbocycles. The summed E-state index contributed by atoms with van der Waals surface area (Å²) in [6.45, 7) is 4.99. The minimum atomic E-state index is -3.90. The molecule has 2 aromatic carbocycles. The highest BCUT2D eigenvalue weighted by Gasteiger charge is 2.32. The zero-order chi connectivity index (χ0) is 27.2. The van der Waals surface area contributed by atoms with Gasteiger partial charge < -0.3 is 10.2 Å². The van der Waals surface area contributed by atoms with Gasteiger partial charge >= 0.3 is 0 Å². The lowest BCUT2D eigenvalue weighted by molar-refractivity contribution is -0.140. The molecule has 0 bridgehead atoms. The van der Waals surface area contributed by atoms with Crippen molar-refractivity contribution in [3.8, 4) is 0 Å². The van der Waals surface area contributed by atoms with Gasteiger partial charge in [0.05, 0.1) is 22.0 Å². The Balaban J connectivity index is 2.50. The van der Waals surface area contributed by atoms with Crippen molar-refractivity contribution >= 4 is 73.9 Å². The van der Waals surface area contributed by atoms with Gasteiger partial charge in [0.25, 0.3) is 0 Å². The molecule has 1 N–H and O–H groups in total. The summed E-state index contributed by atoms with van der Waals surface area (Å²) in [6, 6.07) is 8.13. The molecule has 0 spiro atoms. The van der Waals surface area contributed by atoms with Gasteiger partial charge in [-0.3, -0.25) is 13.9 Å². The molecule has 2 amide bonds. The molecule has 2 rings (SSSR count). The number of carbonyl (C=O) groups excluding carboxylic acids is 2. The van der Waals surface area contributed by atoms with Crippen LogP contribution in [0.2, 0.25) is 20.1 Å². The minimum absolute atomic E-state index is 0.0275. The highest BCUT2D eigenvalue weighted by atomic mass is 35.5. The third-order valence-electron chi connectivity index (χ3n) is 5.61. The van der Waals surface area contributed by atoms with Crippen LogP contribution < -0.4 is 9.62 Å². The number of benzene rings is 2. The first-order valence-corrected chi connectivity index (χ1v) is 14.6. The molecular formula is C24H29Cl4N3O4S. The van der Waals surface area contributed by atoms with Crippen LogP contribution in [0.15, 0.2) is 36.4 Å². The molecule has 0 aliphatic rings. The first kappa shape index (κ1) is 30.5. The molecule has 0 aromatic heterocycles. The predicted octanol–water partition coefficient (Wildman–Crippen LogP) is 5.79. The zero-order valence-corrected chi connectivity index (χ0v) is 24.2. The maximum absolute atomic E-state index is 13.7. The van der Waals surface area contributed by atoms with Gasteiger partial charge in [-0.05, 0) is 55.7 Å². The van der Waals surface area contributed by atoms with Crippen molar-refractivity contribution in [1.82, 2.24) is 10.2 Å². The Kier molecular flexibility index (Phi) is 11.2. The number of amides is 2. The minimum Gasteiger partial charge on any atom is -0.352 e. The Morgan fingerprint density at radius 3 is 2.14 bits per heavy atom. The van der Waals surface area contributed by atoms with Crippen LogP contribution in [0.4, 0.5) is 5.69 Å². The number of carbonyl (C=O) groups is 2. The van der Waals surface area contributed by atoms with Crippen molar-refractivity contribution in [2.24, 2.45) is 0 Å². The van der Waals surface area contributed by atoms with Crippen LogP contribution in [-0.4, -0.2) is 50.0 Å². The van der Waals surface area contributed by atoms with Gasteiger partial charge in [0.1, 0.15) is 12.6 Å². The van der Waals surface area contributed by atoms with E-state index in [1.165, 1.54) is 23.1 Å². The van der Waals surface area contributed by atoms with E-state index in [1.807, 2.05) is 13.8 Å². The standard InChI is InChI=1S/C24H29Cl4N3O4S/c1-5-15(3)29-24(33)22(6-2)30(13-16-7-8-17(25)11-20(16)27)23(32)14-31(36(4,34)35)18-9-10-19(26)21(28)12-18/h7-12,15,22H,5-6,13-14H2,1-4H3,(H,29,33)/t15-,22+/m1/s1. The predicted molar refractivity (Wildman–Crippen MR) is 148 cm³/mol. The number of nitrogens with one attached hydrogen (secondary N) is 1. The van der Waals surface area contributed by atoms with Crippen molar-refractivity contribution in [2.45, 2.75) is 52.2 Å².